The van der Waals surface area contributed by atoms with Crippen LogP contribution in [-0.2, 0) is 23.9 Å². The summed E-state index contributed by atoms with van der Waals surface area (Å²) in [5.41, 5.74) is 4.90. The topological polar surface area (TPSA) is 211 Å². The molecule has 1 fully saturated rings. The highest BCUT2D eigenvalue weighted by Gasteiger charge is 2.67. The van der Waals surface area contributed by atoms with E-state index in [0.717, 1.165) is 96.9 Å². The van der Waals surface area contributed by atoms with Gasteiger partial charge in [0, 0.05) is 44.0 Å². The smallest absolute Gasteiger partial charge is 0.417 e. The molecule has 0 saturated carbocycles. The predicted octanol–water partition coefficient (Wildman–Crippen LogP) is 11.1. The fourth-order valence-corrected chi connectivity index (χ4v) is 10.9. The van der Waals surface area contributed by atoms with Gasteiger partial charge in [-0.2, -0.15) is 0 Å². The number of hydrogen-bond donors (Lipinski definition) is 4. The summed E-state index contributed by atoms with van der Waals surface area (Å²) in [5.74, 6) is -2.96. The van der Waals surface area contributed by atoms with E-state index in [1.807, 2.05) is 48.5 Å². The number of aliphatic hydroxyl groups is 2. The lowest BCUT2D eigenvalue weighted by Gasteiger charge is -2.39. The van der Waals surface area contributed by atoms with E-state index in [1.165, 1.54) is 89.9 Å². The van der Waals surface area contributed by atoms with Gasteiger partial charge in [0.2, 0.25) is 5.91 Å². The highest BCUT2D eigenvalue weighted by atomic mass is 16.6. The largest absolute Gasteiger partial charge is 0.448 e. The number of nitrogens with zero attached hydrogens (tertiary/aromatic N) is 2. The normalized spacial score (nSPS) is 18.6. The number of aliphatic hydroxyl groups excluding tert-OH is 1. The minimum absolute atomic E-state index is 0.0853. The Bertz CT molecular complexity index is 2230. The first-order valence-electron chi connectivity index (χ1n) is 28.3. The van der Waals surface area contributed by atoms with Gasteiger partial charge in [0.05, 0.1) is 0 Å². The van der Waals surface area contributed by atoms with Crippen LogP contribution in [0.15, 0.2) is 70.4 Å². The number of nitrogens with two attached hydrogens (primary N) is 1. The van der Waals surface area contributed by atoms with Crippen LogP contribution in [0.5, 0.6) is 0 Å². The lowest BCUT2D eigenvalue weighted by molar-refractivity contribution is -0.163. The summed E-state index contributed by atoms with van der Waals surface area (Å²) in [6.07, 6.45) is 21.0. The van der Waals surface area contributed by atoms with Crippen LogP contribution >= 0.6 is 0 Å². The van der Waals surface area contributed by atoms with E-state index in [-0.39, 0.29) is 26.0 Å². The molecule has 1 aliphatic carbocycles. The molecule has 14 heteroatoms. The number of imide groups is 1. The lowest BCUT2D eigenvalue weighted by atomic mass is 9.79. The molecule has 1 aliphatic heterocycles. The second kappa shape index (κ2) is 31.9. The zero-order valence-electron chi connectivity index (χ0n) is 44.2. The van der Waals surface area contributed by atoms with E-state index in [0.29, 0.717) is 24.2 Å². The van der Waals surface area contributed by atoms with Crippen LogP contribution in [0.3, 0.4) is 0 Å². The molecule has 0 radical (unpaired) electrons. The first-order chi connectivity index (χ1) is 35.5. The third kappa shape index (κ3) is 16.9. The molecule has 3 aromatic rings. The standard InChI is InChI=1S/C59H88N4O10/c1-3-5-7-9-11-13-15-17-19-21-23-25-27-37-49(64)53(68)55-59(71,50(65)38-28-26-24-22-20-18-16-14-12-10-8-6-4-2)54(56(73-55)62-42-40-51(66)61-57(62)69)63(52(67)39-41-60)58(70)72-43-48-46-35-31-29-33-44(46)45-34-30-32-36-47(45)48/h29-36,40,42,48,53-56,68,71H,3-28,37-39,41,43,60H2,1-2H3,(H,61,66,69)/t53?,54-,55+,56+,59-/m0/s1. The molecular weight excluding hydrogens is 925 g/mol. The van der Waals surface area contributed by atoms with Gasteiger partial charge in [-0.25, -0.2) is 14.5 Å². The monoisotopic (exact) mass is 1010 g/mol. The first kappa shape index (κ1) is 59.1. The Morgan fingerprint density at radius 3 is 1.59 bits per heavy atom. The van der Waals surface area contributed by atoms with Gasteiger partial charge in [0.25, 0.3) is 5.56 Å². The summed E-state index contributed by atoms with van der Waals surface area (Å²) >= 11 is 0. The number of aromatic amines is 1. The Morgan fingerprint density at radius 1 is 0.671 bits per heavy atom. The van der Waals surface area contributed by atoms with Crippen LogP contribution in [0.25, 0.3) is 11.1 Å². The number of ether oxygens (including phenoxy) is 2. The van der Waals surface area contributed by atoms with Crippen molar-refractivity contribution in [2.75, 3.05) is 13.2 Å². The summed E-state index contributed by atoms with van der Waals surface area (Å²) < 4.78 is 13.2. The van der Waals surface area contributed by atoms with Crippen LogP contribution in [0.2, 0.25) is 0 Å². The number of carbonyl (C=O) groups is 4. The molecule has 1 unspecified atom stereocenters. The zero-order chi connectivity index (χ0) is 52.4. The molecule has 5 N–H and O–H groups in total. The summed E-state index contributed by atoms with van der Waals surface area (Å²) in [6, 6.07) is 14.4. The highest BCUT2D eigenvalue weighted by molar-refractivity contribution is 5.97. The van der Waals surface area contributed by atoms with Gasteiger partial charge in [-0.1, -0.05) is 216 Å². The van der Waals surface area contributed by atoms with Gasteiger partial charge in [-0.05, 0) is 35.1 Å². The van der Waals surface area contributed by atoms with Crippen LogP contribution < -0.4 is 17.0 Å². The van der Waals surface area contributed by atoms with Gasteiger partial charge in [-0.15, -0.1) is 0 Å². The molecule has 5 atom stereocenters. The number of H-pyrrole nitrogens is 1. The molecule has 1 saturated heterocycles. The van der Waals surface area contributed by atoms with Crippen LogP contribution in [0, 0.1) is 0 Å². The maximum Gasteiger partial charge on any atom is 0.417 e. The predicted molar refractivity (Wildman–Crippen MR) is 286 cm³/mol. The lowest BCUT2D eigenvalue weighted by Crippen LogP contribution is -2.66. The van der Waals surface area contributed by atoms with E-state index in [1.54, 1.807) is 0 Å². The van der Waals surface area contributed by atoms with Crippen molar-refractivity contribution in [1.82, 2.24) is 14.5 Å². The van der Waals surface area contributed by atoms with Crippen molar-refractivity contribution in [3.8, 4) is 11.1 Å². The number of unbranched alkanes of at least 4 members (excludes halogenated alkanes) is 24. The van der Waals surface area contributed by atoms with Gasteiger partial charge >= 0.3 is 11.8 Å². The van der Waals surface area contributed by atoms with Gasteiger partial charge in [-0.3, -0.25) is 28.7 Å². The number of benzene rings is 2. The summed E-state index contributed by atoms with van der Waals surface area (Å²) in [4.78, 5) is 86.9. The molecular formula is C59H88N4O10. The molecule has 2 amide bonds. The number of amides is 2. The molecule has 0 bridgehead atoms. The molecule has 2 heterocycles. The number of fused-ring (bicyclic) bond motifs is 3. The zero-order valence-corrected chi connectivity index (χ0v) is 44.2. The Morgan fingerprint density at radius 2 is 1.12 bits per heavy atom. The fourth-order valence-electron chi connectivity index (χ4n) is 10.9. The van der Waals surface area contributed by atoms with Crippen molar-refractivity contribution in [3.05, 3.63) is 92.8 Å². The maximum absolute atomic E-state index is 15.0. The summed E-state index contributed by atoms with van der Waals surface area (Å²) in [6.45, 7) is 3.96. The van der Waals surface area contributed by atoms with Crippen molar-refractivity contribution < 1.29 is 38.9 Å². The SMILES string of the molecule is CCCCCCCCCCCCCCCC(=O)C(O)[C@H]1O[C@@H](n2ccc(=O)[nH]c2=O)[C@H](N(C(=O)CCN)C(=O)OCC2c3ccccc3-c3ccccc32)[C@@]1(O)C(=O)CCCCCCCCCCCCCCC. The Balaban J connectivity index is 1.37. The van der Waals surface area contributed by atoms with E-state index in [4.69, 9.17) is 15.2 Å². The van der Waals surface area contributed by atoms with Crippen LogP contribution in [0.1, 0.15) is 223 Å². The average Bonchev–Trinajstić information content (AvgIpc) is 3.87. The molecule has 404 valence electrons. The Hall–Kier alpha value is -4.76. The Kier molecular flexibility index (Phi) is 25.8. The number of Topliss-reactive ketones (excluding diaryl/α,β-unsaturated/α-hetero) is 2. The molecule has 73 heavy (non-hydrogen) atoms. The van der Waals surface area contributed by atoms with Crippen LogP contribution in [-0.4, -0.2) is 85.2 Å². The molecule has 0 spiro atoms. The third-order valence-corrected chi connectivity index (χ3v) is 15.1. The van der Waals surface area contributed by atoms with Crippen molar-refractivity contribution >= 4 is 23.6 Å². The first-order valence-corrected chi connectivity index (χ1v) is 28.3. The second-order valence-corrected chi connectivity index (χ2v) is 20.7. The number of hydrogen-bond acceptors (Lipinski definition) is 11. The number of rotatable bonds is 37. The minimum Gasteiger partial charge on any atom is -0.448 e. The third-order valence-electron chi connectivity index (χ3n) is 15.1. The maximum atomic E-state index is 15.0. The van der Waals surface area contributed by atoms with Crippen molar-refractivity contribution in [3.63, 3.8) is 0 Å². The number of nitrogens with one attached hydrogen (secondary N) is 1. The van der Waals surface area contributed by atoms with Gasteiger partial charge < -0.3 is 25.4 Å². The molecule has 14 nitrogen and oxygen atoms in total. The minimum atomic E-state index is -2.93. The number of aromatic nitrogens is 2. The van der Waals surface area contributed by atoms with E-state index in [9.17, 15) is 39.0 Å². The average molecular weight is 1010 g/mol. The van der Waals surface area contributed by atoms with Gasteiger partial charge in [0.1, 0.15) is 24.9 Å². The second-order valence-electron chi connectivity index (χ2n) is 20.7. The Labute approximate surface area is 434 Å². The molecule has 5 rings (SSSR count). The van der Waals surface area contributed by atoms with Crippen molar-refractivity contribution in [2.24, 2.45) is 5.73 Å². The van der Waals surface area contributed by atoms with Crippen LogP contribution in [0.4, 0.5) is 4.79 Å². The molecule has 2 aliphatic rings. The highest BCUT2D eigenvalue weighted by Crippen LogP contribution is 2.46. The number of ketones is 2. The van der Waals surface area contributed by atoms with E-state index in [2.05, 4.69) is 18.8 Å². The number of carbonyl (C=O) groups excluding carboxylic acids is 4. The van der Waals surface area contributed by atoms with E-state index < -0.39 is 77.2 Å². The fraction of sp³-hybridized carbons (Fsp3) is 0.661. The van der Waals surface area contributed by atoms with Crippen molar-refractivity contribution in [1.29, 1.82) is 0 Å². The van der Waals surface area contributed by atoms with Gasteiger partial charge in [0.15, 0.2) is 23.4 Å². The molecule has 2 aromatic carbocycles. The van der Waals surface area contributed by atoms with E-state index >= 15 is 0 Å². The van der Waals surface area contributed by atoms with Crippen molar-refractivity contribution in [2.45, 2.75) is 236 Å². The molecule has 1 aromatic heterocycles. The summed E-state index contributed by atoms with van der Waals surface area (Å²) in [7, 11) is 0. The quantitative estimate of drug-likeness (QED) is 0.0399. The summed E-state index contributed by atoms with van der Waals surface area (Å²) in [5, 5.41) is 25.2.